The summed E-state index contributed by atoms with van der Waals surface area (Å²) in [4.78, 5) is 12.1. The number of hydrogen-bond acceptors (Lipinski definition) is 4. The van der Waals surface area contributed by atoms with Crippen molar-refractivity contribution in [1.29, 1.82) is 0 Å². The Hall–Kier alpha value is -2.69. The van der Waals surface area contributed by atoms with Gasteiger partial charge in [-0.1, -0.05) is 12.1 Å². The third kappa shape index (κ3) is 4.92. The molecule has 0 fully saturated rings. The van der Waals surface area contributed by atoms with Crippen LogP contribution in [0.15, 0.2) is 48.5 Å². The van der Waals surface area contributed by atoms with Gasteiger partial charge in [0.15, 0.2) is 0 Å². The second-order valence-corrected chi connectivity index (χ2v) is 4.71. The summed E-state index contributed by atoms with van der Waals surface area (Å²) in [6.07, 6.45) is 0. The fourth-order valence-corrected chi connectivity index (χ4v) is 2.06. The maximum atomic E-state index is 12.1. The first-order chi connectivity index (χ1) is 11.2. The Morgan fingerprint density at radius 1 is 1.00 bits per heavy atom. The molecule has 0 aromatic heterocycles. The molecule has 0 saturated carbocycles. The molecule has 122 valence electrons. The molecule has 5 heteroatoms. The van der Waals surface area contributed by atoms with Gasteiger partial charge in [-0.2, -0.15) is 0 Å². The van der Waals surface area contributed by atoms with E-state index in [1.807, 2.05) is 37.3 Å². The Balaban J connectivity index is 1.77. The van der Waals surface area contributed by atoms with Gasteiger partial charge in [0.05, 0.1) is 25.8 Å². The minimum Gasteiger partial charge on any atom is -0.496 e. The largest absolute Gasteiger partial charge is 0.496 e. The van der Waals surface area contributed by atoms with Crippen molar-refractivity contribution in [3.63, 3.8) is 0 Å². The molecular weight excluding hydrogens is 294 g/mol. The first kappa shape index (κ1) is 16.7. The highest BCUT2D eigenvalue weighted by Gasteiger charge is 2.10. The molecule has 0 unspecified atom stereocenters. The fourth-order valence-electron chi connectivity index (χ4n) is 2.06. The summed E-state index contributed by atoms with van der Waals surface area (Å²) in [6, 6.07) is 14.5. The summed E-state index contributed by atoms with van der Waals surface area (Å²) in [5.41, 5.74) is 0.510. The highest BCUT2D eigenvalue weighted by Crippen LogP contribution is 2.18. The summed E-state index contributed by atoms with van der Waals surface area (Å²) in [5, 5.41) is 2.81. The molecule has 2 rings (SSSR count). The lowest BCUT2D eigenvalue weighted by Gasteiger charge is -2.10. The van der Waals surface area contributed by atoms with Gasteiger partial charge in [-0.3, -0.25) is 4.79 Å². The number of amides is 1. The van der Waals surface area contributed by atoms with E-state index in [2.05, 4.69) is 5.32 Å². The van der Waals surface area contributed by atoms with Gasteiger partial charge in [-0.25, -0.2) is 0 Å². The Morgan fingerprint density at radius 3 is 2.30 bits per heavy atom. The maximum absolute atomic E-state index is 12.1. The third-order valence-corrected chi connectivity index (χ3v) is 3.14. The van der Waals surface area contributed by atoms with E-state index in [4.69, 9.17) is 14.2 Å². The minimum absolute atomic E-state index is 0.183. The minimum atomic E-state index is -0.183. The lowest BCUT2D eigenvalue weighted by atomic mass is 10.2. The van der Waals surface area contributed by atoms with E-state index in [1.165, 1.54) is 0 Å². The van der Waals surface area contributed by atoms with Crippen molar-refractivity contribution in [3.8, 4) is 17.2 Å². The van der Waals surface area contributed by atoms with E-state index in [9.17, 15) is 4.79 Å². The lowest BCUT2D eigenvalue weighted by molar-refractivity contribution is 0.0944. The van der Waals surface area contributed by atoms with Crippen LogP contribution in [0, 0.1) is 0 Å². The van der Waals surface area contributed by atoms with Crippen LogP contribution in [0.3, 0.4) is 0 Å². The molecule has 0 saturated heterocycles. The van der Waals surface area contributed by atoms with Crippen LogP contribution in [0.25, 0.3) is 0 Å². The Bertz CT molecular complexity index is 625. The molecular formula is C18H21NO4. The summed E-state index contributed by atoms with van der Waals surface area (Å²) in [5.74, 6) is 1.92. The normalized spacial score (nSPS) is 10.0. The summed E-state index contributed by atoms with van der Waals surface area (Å²) >= 11 is 0. The van der Waals surface area contributed by atoms with Crippen molar-refractivity contribution in [3.05, 3.63) is 54.1 Å². The van der Waals surface area contributed by atoms with E-state index < -0.39 is 0 Å². The molecule has 0 aliphatic heterocycles. The number of ether oxygens (including phenoxy) is 3. The molecule has 0 radical (unpaired) electrons. The Kier molecular flexibility index (Phi) is 6.29. The van der Waals surface area contributed by atoms with E-state index >= 15 is 0 Å². The predicted octanol–water partition coefficient (Wildman–Crippen LogP) is 2.90. The SMILES string of the molecule is CCOc1ccc(OCCNC(=O)c2ccccc2OC)cc1. The monoisotopic (exact) mass is 315 g/mol. The van der Waals surface area contributed by atoms with Crippen molar-refractivity contribution >= 4 is 5.91 Å². The van der Waals surface area contributed by atoms with Gasteiger partial charge < -0.3 is 19.5 Å². The quantitative estimate of drug-likeness (QED) is 0.761. The van der Waals surface area contributed by atoms with Gasteiger partial charge >= 0.3 is 0 Å². The van der Waals surface area contributed by atoms with Crippen LogP contribution in [0.4, 0.5) is 0 Å². The second-order valence-electron chi connectivity index (χ2n) is 4.71. The molecule has 0 heterocycles. The van der Waals surface area contributed by atoms with Gasteiger partial charge in [0.25, 0.3) is 5.91 Å². The van der Waals surface area contributed by atoms with Crippen LogP contribution in [0.1, 0.15) is 17.3 Å². The Morgan fingerprint density at radius 2 is 1.65 bits per heavy atom. The van der Waals surface area contributed by atoms with Crippen LogP contribution in [-0.4, -0.2) is 32.8 Å². The number of methoxy groups -OCH3 is 1. The number of carbonyl (C=O) groups excluding carboxylic acids is 1. The highest BCUT2D eigenvalue weighted by molar-refractivity contribution is 5.96. The average Bonchev–Trinajstić information content (AvgIpc) is 2.60. The van der Waals surface area contributed by atoms with Crippen LogP contribution >= 0.6 is 0 Å². The number of nitrogens with one attached hydrogen (secondary N) is 1. The van der Waals surface area contributed by atoms with Crippen molar-refractivity contribution in [1.82, 2.24) is 5.32 Å². The van der Waals surface area contributed by atoms with Gasteiger partial charge in [-0.05, 0) is 43.3 Å². The molecule has 5 nitrogen and oxygen atoms in total. The van der Waals surface area contributed by atoms with Crippen molar-refractivity contribution in [2.75, 3.05) is 26.9 Å². The number of rotatable bonds is 8. The van der Waals surface area contributed by atoms with Gasteiger partial charge in [0, 0.05) is 0 Å². The molecule has 23 heavy (non-hydrogen) atoms. The topological polar surface area (TPSA) is 56.8 Å². The molecule has 2 aromatic carbocycles. The molecule has 1 N–H and O–H groups in total. The van der Waals surface area contributed by atoms with Gasteiger partial charge in [0.2, 0.25) is 0 Å². The van der Waals surface area contributed by atoms with Crippen molar-refractivity contribution < 1.29 is 19.0 Å². The smallest absolute Gasteiger partial charge is 0.255 e. The lowest BCUT2D eigenvalue weighted by Crippen LogP contribution is -2.28. The molecule has 0 spiro atoms. The van der Waals surface area contributed by atoms with Crippen LogP contribution in [0.2, 0.25) is 0 Å². The molecule has 2 aromatic rings. The average molecular weight is 315 g/mol. The summed E-state index contributed by atoms with van der Waals surface area (Å²) in [6.45, 7) is 3.36. The Labute approximate surface area is 136 Å². The predicted molar refractivity (Wildman–Crippen MR) is 88.4 cm³/mol. The number of carbonyl (C=O) groups is 1. The van der Waals surface area contributed by atoms with E-state index in [-0.39, 0.29) is 5.91 Å². The molecule has 0 aliphatic rings. The standard InChI is InChI=1S/C18H21NO4/c1-3-22-14-8-10-15(11-9-14)23-13-12-19-18(20)16-6-4-5-7-17(16)21-2/h4-11H,3,12-13H2,1-2H3,(H,19,20). The zero-order valence-corrected chi connectivity index (χ0v) is 13.4. The molecule has 1 amide bonds. The first-order valence-corrected chi connectivity index (χ1v) is 7.51. The van der Waals surface area contributed by atoms with Crippen LogP contribution in [0.5, 0.6) is 17.2 Å². The summed E-state index contributed by atoms with van der Waals surface area (Å²) < 4.78 is 16.1. The van der Waals surface area contributed by atoms with E-state index in [0.29, 0.717) is 31.1 Å². The van der Waals surface area contributed by atoms with Crippen molar-refractivity contribution in [2.24, 2.45) is 0 Å². The zero-order valence-electron chi connectivity index (χ0n) is 13.4. The van der Waals surface area contributed by atoms with Gasteiger partial charge in [-0.15, -0.1) is 0 Å². The fraction of sp³-hybridized carbons (Fsp3) is 0.278. The van der Waals surface area contributed by atoms with E-state index in [0.717, 1.165) is 11.5 Å². The highest BCUT2D eigenvalue weighted by atomic mass is 16.5. The molecule has 0 atom stereocenters. The van der Waals surface area contributed by atoms with Crippen LogP contribution < -0.4 is 19.5 Å². The molecule has 0 aliphatic carbocycles. The molecule has 0 bridgehead atoms. The third-order valence-electron chi connectivity index (χ3n) is 3.14. The zero-order chi connectivity index (χ0) is 16.5. The first-order valence-electron chi connectivity index (χ1n) is 7.51. The number of para-hydroxylation sites is 1. The second kappa shape index (κ2) is 8.68. The van der Waals surface area contributed by atoms with Crippen molar-refractivity contribution in [2.45, 2.75) is 6.92 Å². The van der Waals surface area contributed by atoms with E-state index in [1.54, 1.807) is 25.3 Å². The number of hydrogen-bond donors (Lipinski definition) is 1. The summed E-state index contributed by atoms with van der Waals surface area (Å²) in [7, 11) is 1.54. The van der Waals surface area contributed by atoms with Gasteiger partial charge in [0.1, 0.15) is 23.9 Å². The maximum Gasteiger partial charge on any atom is 0.255 e. The number of benzene rings is 2. The van der Waals surface area contributed by atoms with Crippen LogP contribution in [-0.2, 0) is 0 Å².